The van der Waals surface area contributed by atoms with Gasteiger partial charge in [0.15, 0.2) is 0 Å². The van der Waals surface area contributed by atoms with E-state index in [1.807, 2.05) is 60.7 Å². The van der Waals surface area contributed by atoms with Gasteiger partial charge in [0.2, 0.25) is 11.4 Å². The highest BCUT2D eigenvalue weighted by atomic mass is 32.2. The number of nitrogens with zero attached hydrogens (tertiary/aromatic N) is 2. The van der Waals surface area contributed by atoms with Crippen molar-refractivity contribution < 1.29 is 28.0 Å². The van der Waals surface area contributed by atoms with Crippen LogP contribution >= 0.6 is 0 Å². The fourth-order valence-corrected chi connectivity index (χ4v) is 4.95. The molecule has 4 rings (SSSR count). The Morgan fingerprint density at radius 1 is 0.846 bits per heavy atom. The number of aliphatic carboxylic acids is 1. The number of carboxylic acids is 1. The van der Waals surface area contributed by atoms with Crippen molar-refractivity contribution in [1.29, 1.82) is 0 Å². The van der Waals surface area contributed by atoms with Gasteiger partial charge in [-0.3, -0.25) is 9.59 Å². The maximum atomic E-state index is 13.3. The number of anilines is 1. The van der Waals surface area contributed by atoms with Crippen LogP contribution in [0.2, 0.25) is 0 Å². The first-order valence-electron chi connectivity index (χ1n) is 12.4. The van der Waals surface area contributed by atoms with E-state index in [0.29, 0.717) is 35.6 Å². The lowest BCUT2D eigenvalue weighted by atomic mass is 9.98. The molecule has 202 valence electrons. The van der Waals surface area contributed by atoms with Gasteiger partial charge in [-0.1, -0.05) is 48.5 Å². The van der Waals surface area contributed by atoms with E-state index in [2.05, 4.69) is 0 Å². The summed E-state index contributed by atoms with van der Waals surface area (Å²) in [5.41, 5.74) is 2.18. The molecule has 0 aromatic heterocycles. The molecular weight excluding hydrogens is 520 g/mol. The monoisotopic (exact) mass is 547 g/mol. The van der Waals surface area contributed by atoms with Crippen LogP contribution in [0.5, 0.6) is 5.75 Å². The molecule has 39 heavy (non-hydrogen) atoms. The van der Waals surface area contributed by atoms with Crippen molar-refractivity contribution in [2.75, 3.05) is 23.7 Å². The number of para-hydroxylation sites is 2. The van der Waals surface area contributed by atoms with Crippen LogP contribution in [0.3, 0.4) is 0 Å². The summed E-state index contributed by atoms with van der Waals surface area (Å²) in [7, 11) is -4.37. The normalized spacial score (nSPS) is 11.4. The van der Waals surface area contributed by atoms with Crippen LogP contribution in [-0.4, -0.2) is 42.9 Å². The molecule has 4 aromatic carbocycles. The second-order valence-corrected chi connectivity index (χ2v) is 10.6. The second kappa shape index (κ2) is 12.1. The summed E-state index contributed by atoms with van der Waals surface area (Å²) in [5, 5.41) is 22.3. The maximum Gasteiger partial charge on any atom is 0.303 e. The van der Waals surface area contributed by atoms with E-state index in [1.54, 1.807) is 33.7 Å². The number of carboxylic acid groups (broad SMARTS) is 1. The molecule has 0 heterocycles. The average molecular weight is 548 g/mol. The van der Waals surface area contributed by atoms with Gasteiger partial charge < -0.3 is 19.7 Å². The predicted octanol–water partition coefficient (Wildman–Crippen LogP) is 2.71. The Labute approximate surface area is 226 Å². The Kier molecular flexibility index (Phi) is 8.58. The molecule has 4 aromatic rings. The van der Waals surface area contributed by atoms with Crippen molar-refractivity contribution in [1.82, 2.24) is 4.58 Å². The minimum Gasteiger partial charge on any atom is -0.867 e. The van der Waals surface area contributed by atoms with Crippen molar-refractivity contribution in [2.24, 2.45) is 0 Å². The van der Waals surface area contributed by atoms with Crippen molar-refractivity contribution in [3.8, 4) is 16.9 Å². The number of hydrogen-bond acceptors (Lipinski definition) is 7. The molecule has 0 saturated heterocycles. The molecular formula is C29H27N2O7S-. The topological polar surface area (TPSA) is 141 Å². The second-order valence-electron chi connectivity index (χ2n) is 9.03. The van der Waals surface area contributed by atoms with Gasteiger partial charge in [-0.05, 0) is 36.3 Å². The molecule has 0 fully saturated rings. The van der Waals surface area contributed by atoms with Crippen LogP contribution in [-0.2, 0) is 14.9 Å². The largest absolute Gasteiger partial charge is 0.867 e. The van der Waals surface area contributed by atoms with Crippen molar-refractivity contribution in [3.05, 3.63) is 101 Å². The third-order valence-electron chi connectivity index (χ3n) is 6.30. The minimum atomic E-state index is -4.37. The first kappa shape index (κ1) is 27.7. The van der Waals surface area contributed by atoms with Crippen LogP contribution in [0.15, 0.2) is 89.7 Å². The molecule has 0 saturated carbocycles. The quantitative estimate of drug-likeness (QED) is 0.211. The summed E-state index contributed by atoms with van der Waals surface area (Å²) in [6.45, 7) is 0.565. The summed E-state index contributed by atoms with van der Waals surface area (Å²) in [4.78, 5) is 26.0. The maximum absolute atomic E-state index is 13.3. The molecule has 0 radical (unpaired) electrons. The first-order chi connectivity index (χ1) is 18.7. The van der Waals surface area contributed by atoms with Crippen LogP contribution in [0.1, 0.15) is 19.3 Å². The highest BCUT2D eigenvalue weighted by Crippen LogP contribution is 2.27. The summed E-state index contributed by atoms with van der Waals surface area (Å²) in [6, 6.07) is 25.0. The Morgan fingerprint density at radius 2 is 1.38 bits per heavy atom. The van der Waals surface area contributed by atoms with Crippen LogP contribution in [0.25, 0.3) is 11.1 Å². The third kappa shape index (κ3) is 6.78. The summed E-state index contributed by atoms with van der Waals surface area (Å²) in [5.74, 6) is -1.85. The standard InChI is InChI=1S/C29H28N2O7S/c32-25(33)13-7-18-30(19-8-20-39(36,37)38)22-16-14-21(15-17-22)26-28(34)27(29(26)35)31(23-9-3-1-4-10-23)24-11-5-2-6-12-24/h1-6,9-12,14-17H,7-8,13,18-20H2,(H2-,32,33,34,35,36,37,38)/p-1. The smallest absolute Gasteiger partial charge is 0.303 e. The molecule has 0 aliphatic rings. The molecule has 9 nitrogen and oxygen atoms in total. The molecule has 0 spiro atoms. The molecule has 0 amide bonds. The molecule has 0 atom stereocenters. The van der Waals surface area contributed by atoms with E-state index in [1.165, 1.54) is 0 Å². The van der Waals surface area contributed by atoms with E-state index in [0.717, 1.165) is 0 Å². The van der Waals surface area contributed by atoms with E-state index in [-0.39, 0.29) is 41.5 Å². The zero-order chi connectivity index (χ0) is 28.0. The fourth-order valence-electron chi connectivity index (χ4n) is 4.47. The molecule has 0 aliphatic carbocycles. The van der Waals surface area contributed by atoms with Crippen LogP contribution in [0.4, 0.5) is 17.1 Å². The summed E-state index contributed by atoms with van der Waals surface area (Å²) in [6.07, 6.45) is 0.345. The summed E-state index contributed by atoms with van der Waals surface area (Å²) < 4.78 is 34.7. The number of rotatable bonds is 12. The van der Waals surface area contributed by atoms with Crippen LogP contribution in [0, 0.1) is 0 Å². The van der Waals surface area contributed by atoms with E-state index < -0.39 is 21.8 Å². The zero-order valence-corrected chi connectivity index (χ0v) is 21.8. The highest BCUT2D eigenvalue weighted by molar-refractivity contribution is 7.85. The predicted molar refractivity (Wildman–Crippen MR) is 146 cm³/mol. The SMILES string of the molecule is O=C(O)CCCN(CCCS(=O)(=O)[O-])c1ccc(-c2c([O-])c(=[N+](c3ccccc3)c3ccccc3)c2=O)cc1. The lowest BCUT2D eigenvalue weighted by molar-refractivity contribution is -0.271. The van der Waals surface area contributed by atoms with E-state index in [9.17, 15) is 27.7 Å². The highest BCUT2D eigenvalue weighted by Gasteiger charge is 2.25. The lowest BCUT2D eigenvalue weighted by Gasteiger charge is -2.25. The van der Waals surface area contributed by atoms with Crippen molar-refractivity contribution >= 4 is 33.1 Å². The molecule has 0 bridgehead atoms. The van der Waals surface area contributed by atoms with Gasteiger partial charge in [0.25, 0.3) is 10.8 Å². The van der Waals surface area contributed by atoms with Gasteiger partial charge in [-0.25, -0.2) is 8.42 Å². The molecule has 1 N–H and O–H groups in total. The first-order valence-corrected chi connectivity index (χ1v) is 14.0. The van der Waals surface area contributed by atoms with Crippen molar-refractivity contribution in [2.45, 2.75) is 19.3 Å². The lowest BCUT2D eigenvalue weighted by Crippen LogP contribution is -2.44. The Bertz CT molecular complexity index is 1580. The number of benzene rings is 3. The summed E-state index contributed by atoms with van der Waals surface area (Å²) >= 11 is 0. The Morgan fingerprint density at radius 3 is 1.87 bits per heavy atom. The van der Waals surface area contributed by atoms with Gasteiger partial charge in [0.05, 0.1) is 10.1 Å². The Balaban J connectivity index is 1.66. The van der Waals surface area contributed by atoms with Gasteiger partial charge in [-0.2, -0.15) is 4.58 Å². The average Bonchev–Trinajstić information content (AvgIpc) is 2.91. The van der Waals surface area contributed by atoms with Gasteiger partial charge in [0, 0.05) is 60.8 Å². The van der Waals surface area contributed by atoms with Crippen molar-refractivity contribution in [3.63, 3.8) is 0 Å². The third-order valence-corrected chi connectivity index (χ3v) is 7.09. The van der Waals surface area contributed by atoms with E-state index >= 15 is 0 Å². The molecule has 0 unspecified atom stereocenters. The van der Waals surface area contributed by atoms with E-state index in [4.69, 9.17) is 5.11 Å². The Hall–Kier alpha value is -4.28. The number of hydrogen-bond donors (Lipinski definition) is 1. The minimum absolute atomic E-state index is 0.0561. The molecule has 0 aliphatic heterocycles. The van der Waals surface area contributed by atoms with Crippen LogP contribution < -0.4 is 25.4 Å². The van der Waals surface area contributed by atoms with Gasteiger partial charge in [0.1, 0.15) is 0 Å². The molecule has 10 heteroatoms. The number of carbonyl (C=O) groups is 1. The van der Waals surface area contributed by atoms with Gasteiger partial charge >= 0.3 is 5.97 Å². The fraction of sp³-hybridized carbons (Fsp3) is 0.207. The van der Waals surface area contributed by atoms with Gasteiger partial charge in [-0.15, -0.1) is 0 Å². The zero-order valence-electron chi connectivity index (χ0n) is 21.0.